The summed E-state index contributed by atoms with van der Waals surface area (Å²) in [5.74, 6) is -1.13. The lowest BCUT2D eigenvalue weighted by Crippen LogP contribution is -2.38. The molecule has 0 aliphatic carbocycles. The number of nitrogens with zero attached hydrogens (tertiary/aromatic N) is 1. The fourth-order valence-corrected chi connectivity index (χ4v) is 4.08. The van der Waals surface area contributed by atoms with Crippen LogP contribution in [-0.2, 0) is 9.59 Å². The molecule has 3 N–H and O–H groups in total. The van der Waals surface area contributed by atoms with Crippen molar-refractivity contribution < 1.29 is 24.9 Å². The van der Waals surface area contributed by atoms with Gasteiger partial charge in [-0.1, -0.05) is 48.0 Å². The fourth-order valence-electron chi connectivity index (χ4n) is 4.08. The highest BCUT2D eigenvalue weighted by Gasteiger charge is 2.21. The second-order valence-electron chi connectivity index (χ2n) is 9.23. The van der Waals surface area contributed by atoms with Gasteiger partial charge in [-0.25, -0.2) is 0 Å². The molecule has 0 aliphatic heterocycles. The Hall–Kier alpha value is -2.86. The first-order valence-corrected chi connectivity index (χ1v) is 12.1. The van der Waals surface area contributed by atoms with Crippen molar-refractivity contribution in [1.29, 1.82) is 0 Å². The van der Waals surface area contributed by atoms with E-state index in [1.54, 1.807) is 0 Å². The van der Waals surface area contributed by atoms with E-state index in [4.69, 9.17) is 10.2 Å². The van der Waals surface area contributed by atoms with Gasteiger partial charge in [-0.05, 0) is 72.1 Å². The summed E-state index contributed by atoms with van der Waals surface area (Å²) in [7, 11) is 0. The maximum absolute atomic E-state index is 10.4. The zero-order chi connectivity index (χ0) is 25.7. The van der Waals surface area contributed by atoms with Gasteiger partial charge in [-0.2, -0.15) is 0 Å². The standard InChI is InChI=1S/C22H31NO.C6H10O4/c1-16(2)23(17(3)4)14-13-20(19-9-7-6-8-10-19)21-15-18(5)11-12-22(21)24;7-5(8)3-1-2-4-6(9)10/h6-12,15-17,20,24H,13-14H2,1-5H3;1-4H2,(H,7,8)(H,9,10)/t20-;/m1./s1. The summed E-state index contributed by atoms with van der Waals surface area (Å²) in [4.78, 5) is 22.3. The van der Waals surface area contributed by atoms with Gasteiger partial charge in [0.15, 0.2) is 0 Å². The Morgan fingerprint density at radius 3 is 1.85 bits per heavy atom. The van der Waals surface area contributed by atoms with E-state index in [-0.39, 0.29) is 18.8 Å². The molecule has 2 rings (SSSR count). The normalized spacial score (nSPS) is 11.9. The average molecular weight is 472 g/mol. The molecule has 0 aromatic heterocycles. The minimum atomic E-state index is -0.870. The highest BCUT2D eigenvalue weighted by molar-refractivity contribution is 5.67. The second kappa shape index (κ2) is 15.1. The van der Waals surface area contributed by atoms with Gasteiger partial charge in [0.25, 0.3) is 0 Å². The Balaban J connectivity index is 0.000000489. The van der Waals surface area contributed by atoms with Crippen LogP contribution in [0.3, 0.4) is 0 Å². The maximum Gasteiger partial charge on any atom is 0.303 e. The van der Waals surface area contributed by atoms with Gasteiger partial charge in [-0.15, -0.1) is 0 Å². The van der Waals surface area contributed by atoms with Crippen LogP contribution in [-0.4, -0.2) is 50.8 Å². The van der Waals surface area contributed by atoms with E-state index in [9.17, 15) is 14.7 Å². The summed E-state index contributed by atoms with van der Waals surface area (Å²) >= 11 is 0. The van der Waals surface area contributed by atoms with Gasteiger partial charge in [0, 0.05) is 36.4 Å². The highest BCUT2D eigenvalue weighted by Crippen LogP contribution is 2.35. The van der Waals surface area contributed by atoms with Crippen LogP contribution in [0.2, 0.25) is 0 Å². The van der Waals surface area contributed by atoms with E-state index in [0.717, 1.165) is 18.5 Å². The van der Waals surface area contributed by atoms with Crippen molar-refractivity contribution in [2.45, 2.75) is 84.7 Å². The monoisotopic (exact) mass is 471 g/mol. The molecule has 0 saturated carbocycles. The summed E-state index contributed by atoms with van der Waals surface area (Å²) in [6.07, 6.45) is 2.02. The molecule has 188 valence electrons. The van der Waals surface area contributed by atoms with Crippen LogP contribution in [0.4, 0.5) is 0 Å². The predicted molar refractivity (Wildman–Crippen MR) is 136 cm³/mol. The van der Waals surface area contributed by atoms with E-state index in [2.05, 4.69) is 69.9 Å². The lowest BCUT2D eigenvalue weighted by atomic mass is 9.87. The third-order valence-corrected chi connectivity index (χ3v) is 5.79. The van der Waals surface area contributed by atoms with Crippen molar-refractivity contribution in [3.8, 4) is 5.75 Å². The second-order valence-corrected chi connectivity index (χ2v) is 9.23. The van der Waals surface area contributed by atoms with Crippen molar-refractivity contribution in [2.24, 2.45) is 0 Å². The van der Waals surface area contributed by atoms with Crippen LogP contribution in [0.25, 0.3) is 0 Å². The lowest BCUT2D eigenvalue weighted by Gasteiger charge is -2.32. The van der Waals surface area contributed by atoms with Gasteiger partial charge in [0.1, 0.15) is 5.75 Å². The number of unbranched alkanes of at least 4 members (excludes halogenated alkanes) is 1. The number of carboxylic acids is 2. The fraction of sp³-hybridized carbons (Fsp3) is 0.500. The van der Waals surface area contributed by atoms with E-state index in [1.165, 1.54) is 11.1 Å². The molecular formula is C28H41NO5. The van der Waals surface area contributed by atoms with Gasteiger partial charge >= 0.3 is 11.9 Å². The number of aromatic hydroxyl groups is 1. The Labute approximate surface area is 204 Å². The summed E-state index contributed by atoms with van der Waals surface area (Å²) in [6.45, 7) is 12.1. The van der Waals surface area contributed by atoms with Crippen molar-refractivity contribution in [2.75, 3.05) is 6.54 Å². The molecule has 0 saturated heterocycles. The number of rotatable bonds is 12. The molecule has 0 radical (unpaired) electrons. The third kappa shape index (κ3) is 10.8. The summed E-state index contributed by atoms with van der Waals surface area (Å²) in [6, 6.07) is 17.5. The first-order valence-electron chi connectivity index (χ1n) is 12.1. The molecule has 0 unspecified atom stereocenters. The van der Waals surface area contributed by atoms with Crippen LogP contribution in [0.15, 0.2) is 48.5 Å². The number of aryl methyl sites for hydroxylation is 1. The van der Waals surface area contributed by atoms with Gasteiger partial charge in [0.05, 0.1) is 0 Å². The topological polar surface area (TPSA) is 98.1 Å². The Kier molecular flexibility index (Phi) is 13.0. The SMILES string of the molecule is Cc1ccc(O)c([C@H](CCN(C(C)C)C(C)C)c2ccccc2)c1.O=C(O)CCCCC(=O)O. The van der Waals surface area contributed by atoms with Crippen LogP contribution >= 0.6 is 0 Å². The maximum atomic E-state index is 10.4. The molecular weight excluding hydrogens is 430 g/mol. The Bertz CT molecular complexity index is 856. The van der Waals surface area contributed by atoms with Crippen molar-refractivity contribution >= 4 is 11.9 Å². The number of hydrogen-bond donors (Lipinski definition) is 3. The molecule has 34 heavy (non-hydrogen) atoms. The van der Waals surface area contributed by atoms with Crippen LogP contribution < -0.4 is 0 Å². The number of carbonyl (C=O) groups is 2. The minimum Gasteiger partial charge on any atom is -0.508 e. The first-order chi connectivity index (χ1) is 16.0. The molecule has 0 heterocycles. The third-order valence-electron chi connectivity index (χ3n) is 5.79. The highest BCUT2D eigenvalue weighted by atomic mass is 16.4. The molecule has 0 spiro atoms. The van der Waals surface area contributed by atoms with Gasteiger partial charge in [0.2, 0.25) is 0 Å². The molecule has 0 fully saturated rings. The van der Waals surface area contributed by atoms with E-state index in [1.807, 2.05) is 18.2 Å². The lowest BCUT2D eigenvalue weighted by molar-refractivity contribution is -0.139. The van der Waals surface area contributed by atoms with Crippen LogP contribution in [0.5, 0.6) is 5.75 Å². The summed E-state index contributed by atoms with van der Waals surface area (Å²) in [5, 5.41) is 26.7. The van der Waals surface area contributed by atoms with E-state index in [0.29, 0.717) is 30.7 Å². The number of aliphatic carboxylic acids is 2. The molecule has 0 aliphatic rings. The number of phenolic OH excluding ortho intramolecular Hbond substituents is 1. The van der Waals surface area contributed by atoms with Gasteiger partial charge in [-0.3, -0.25) is 14.5 Å². The molecule has 0 amide bonds. The van der Waals surface area contributed by atoms with Crippen molar-refractivity contribution in [1.82, 2.24) is 4.90 Å². The molecule has 2 aromatic rings. The Morgan fingerprint density at radius 1 is 0.853 bits per heavy atom. The predicted octanol–water partition coefficient (Wildman–Crippen LogP) is 6.06. The van der Waals surface area contributed by atoms with Gasteiger partial charge < -0.3 is 15.3 Å². The Morgan fingerprint density at radius 2 is 1.38 bits per heavy atom. The molecule has 0 bridgehead atoms. The first kappa shape index (κ1) is 29.2. The zero-order valence-electron chi connectivity index (χ0n) is 21.2. The quantitative estimate of drug-likeness (QED) is 0.326. The number of hydrogen-bond acceptors (Lipinski definition) is 4. The van der Waals surface area contributed by atoms with E-state index < -0.39 is 11.9 Å². The van der Waals surface area contributed by atoms with Crippen LogP contribution in [0, 0.1) is 6.92 Å². The summed E-state index contributed by atoms with van der Waals surface area (Å²) < 4.78 is 0. The molecule has 6 heteroatoms. The van der Waals surface area contributed by atoms with E-state index >= 15 is 0 Å². The van der Waals surface area contributed by atoms with Crippen molar-refractivity contribution in [3.05, 3.63) is 65.2 Å². The molecule has 2 aromatic carbocycles. The van der Waals surface area contributed by atoms with Crippen LogP contribution in [0.1, 0.15) is 82.4 Å². The number of phenols is 1. The molecule has 1 atom stereocenters. The largest absolute Gasteiger partial charge is 0.508 e. The number of benzene rings is 2. The number of carboxylic acid groups (broad SMARTS) is 2. The molecule has 6 nitrogen and oxygen atoms in total. The zero-order valence-corrected chi connectivity index (χ0v) is 21.2. The van der Waals surface area contributed by atoms with Crippen molar-refractivity contribution in [3.63, 3.8) is 0 Å². The average Bonchev–Trinajstić information content (AvgIpc) is 2.76. The minimum absolute atomic E-state index is 0.0628. The summed E-state index contributed by atoms with van der Waals surface area (Å²) in [5.41, 5.74) is 3.49. The smallest absolute Gasteiger partial charge is 0.303 e.